The monoisotopic (exact) mass is 370 g/mol. The van der Waals surface area contributed by atoms with Crippen molar-refractivity contribution < 1.29 is 4.52 Å². The van der Waals surface area contributed by atoms with E-state index >= 15 is 0 Å². The maximum absolute atomic E-state index is 5.54. The molecule has 1 fully saturated rings. The summed E-state index contributed by atoms with van der Waals surface area (Å²) in [6.07, 6.45) is 26.0. The molecule has 1 saturated carbocycles. The van der Waals surface area contributed by atoms with Crippen LogP contribution in [0.25, 0.3) is 0 Å². The van der Waals surface area contributed by atoms with E-state index in [1.807, 2.05) is 0 Å². The summed E-state index contributed by atoms with van der Waals surface area (Å²) in [5.74, 6) is 2.23. The van der Waals surface area contributed by atoms with Crippen molar-refractivity contribution in [2.24, 2.45) is 11.8 Å². The zero-order valence-corrected chi connectivity index (χ0v) is 18.6. The van der Waals surface area contributed by atoms with E-state index in [9.17, 15) is 0 Å². The van der Waals surface area contributed by atoms with Crippen LogP contribution in [0, 0.1) is 11.8 Å². The van der Waals surface area contributed by atoms with Gasteiger partial charge in [0.2, 0.25) is 0 Å². The van der Waals surface area contributed by atoms with E-state index in [0.717, 1.165) is 11.8 Å². The van der Waals surface area contributed by atoms with Crippen LogP contribution in [0.3, 0.4) is 0 Å². The van der Waals surface area contributed by atoms with Crippen LogP contribution in [0.1, 0.15) is 129 Å². The Hall–Kier alpha value is 0.390. The molecular formula is C23H47OP. The van der Waals surface area contributed by atoms with Gasteiger partial charge in [-0.25, -0.2) is 0 Å². The molecule has 0 aliphatic heterocycles. The normalized spacial score (nSPS) is 20.8. The standard InChI is InChI=1S/C23H47OP/c1-3-5-7-13-16-21-20-22(21)17-14-10-8-9-11-15-19-23(24-25)18-12-6-4-2/h21-23H,3-20,25H2,1-2H3. The minimum atomic E-state index is 0.487. The van der Waals surface area contributed by atoms with Crippen molar-refractivity contribution in [3.05, 3.63) is 0 Å². The number of rotatable bonds is 19. The molecule has 0 amide bonds. The van der Waals surface area contributed by atoms with E-state index in [1.165, 1.54) is 109 Å². The molecule has 0 bridgehead atoms. The quantitative estimate of drug-likeness (QED) is 0.164. The molecule has 0 spiro atoms. The lowest BCUT2D eigenvalue weighted by Crippen LogP contribution is -2.07. The molecule has 25 heavy (non-hydrogen) atoms. The van der Waals surface area contributed by atoms with Gasteiger partial charge in [0.1, 0.15) is 0 Å². The molecule has 0 saturated heterocycles. The summed E-state index contributed by atoms with van der Waals surface area (Å²) >= 11 is 0. The summed E-state index contributed by atoms with van der Waals surface area (Å²) in [6.45, 7) is 4.58. The van der Waals surface area contributed by atoms with Crippen LogP contribution in [0.15, 0.2) is 0 Å². The minimum Gasteiger partial charge on any atom is -0.362 e. The first-order valence-corrected chi connectivity index (χ1v) is 12.1. The molecule has 1 aliphatic rings. The van der Waals surface area contributed by atoms with Crippen LogP contribution in [-0.2, 0) is 4.52 Å². The van der Waals surface area contributed by atoms with E-state index in [0.29, 0.717) is 6.10 Å². The van der Waals surface area contributed by atoms with Crippen molar-refractivity contribution in [3.8, 4) is 0 Å². The predicted octanol–water partition coefficient (Wildman–Crippen LogP) is 8.47. The van der Waals surface area contributed by atoms with Gasteiger partial charge in [-0.3, -0.25) is 0 Å². The molecule has 0 heterocycles. The molecular weight excluding hydrogens is 323 g/mol. The zero-order chi connectivity index (χ0) is 18.2. The van der Waals surface area contributed by atoms with Crippen molar-refractivity contribution in [2.45, 2.75) is 136 Å². The zero-order valence-electron chi connectivity index (χ0n) is 17.4. The Kier molecular flexibility index (Phi) is 15.5. The van der Waals surface area contributed by atoms with Crippen LogP contribution in [0.2, 0.25) is 0 Å². The van der Waals surface area contributed by atoms with Gasteiger partial charge < -0.3 is 4.52 Å². The Balaban J connectivity index is 1.80. The highest BCUT2D eigenvalue weighted by Crippen LogP contribution is 2.45. The lowest BCUT2D eigenvalue weighted by molar-refractivity contribution is 0.204. The van der Waals surface area contributed by atoms with E-state index < -0.39 is 0 Å². The van der Waals surface area contributed by atoms with Gasteiger partial charge in [-0.15, -0.1) is 0 Å². The SMILES string of the molecule is CCCCCCC1CC1CCCCCCCCC(CCCCC)OP. The first-order chi connectivity index (χ1) is 12.3. The van der Waals surface area contributed by atoms with Gasteiger partial charge in [0.25, 0.3) is 0 Å². The van der Waals surface area contributed by atoms with Crippen LogP contribution >= 0.6 is 9.47 Å². The third kappa shape index (κ3) is 13.2. The van der Waals surface area contributed by atoms with Gasteiger partial charge >= 0.3 is 0 Å². The minimum absolute atomic E-state index is 0.487. The van der Waals surface area contributed by atoms with Crippen molar-refractivity contribution in [1.82, 2.24) is 0 Å². The van der Waals surface area contributed by atoms with Crippen LogP contribution in [-0.4, -0.2) is 6.10 Å². The molecule has 4 atom stereocenters. The summed E-state index contributed by atoms with van der Waals surface area (Å²) in [6, 6.07) is 0. The smallest absolute Gasteiger partial charge is 0.0610 e. The van der Waals surface area contributed by atoms with Gasteiger partial charge in [-0.2, -0.15) is 0 Å². The molecule has 0 N–H and O–H groups in total. The maximum Gasteiger partial charge on any atom is 0.0610 e. The van der Waals surface area contributed by atoms with Crippen molar-refractivity contribution in [1.29, 1.82) is 0 Å². The molecule has 0 aromatic rings. The summed E-state index contributed by atoms with van der Waals surface area (Å²) < 4.78 is 5.54. The maximum atomic E-state index is 5.54. The number of hydrogen-bond donors (Lipinski definition) is 0. The van der Waals surface area contributed by atoms with Gasteiger partial charge in [-0.05, 0) is 31.1 Å². The lowest BCUT2D eigenvalue weighted by atomic mass is 10.0. The predicted molar refractivity (Wildman–Crippen MR) is 116 cm³/mol. The van der Waals surface area contributed by atoms with Gasteiger partial charge in [-0.1, -0.05) is 110 Å². The fraction of sp³-hybridized carbons (Fsp3) is 1.00. The average molecular weight is 371 g/mol. The first kappa shape index (κ1) is 23.4. The van der Waals surface area contributed by atoms with E-state index in [1.54, 1.807) is 6.42 Å². The second-order valence-corrected chi connectivity index (χ2v) is 8.83. The third-order valence-electron chi connectivity index (χ3n) is 6.17. The average Bonchev–Trinajstić information content (AvgIpc) is 3.37. The van der Waals surface area contributed by atoms with Crippen LogP contribution in [0.4, 0.5) is 0 Å². The summed E-state index contributed by atoms with van der Waals surface area (Å²) in [5.41, 5.74) is 0. The largest absolute Gasteiger partial charge is 0.362 e. The topological polar surface area (TPSA) is 9.23 Å². The van der Waals surface area contributed by atoms with Crippen LogP contribution in [0.5, 0.6) is 0 Å². The number of hydrogen-bond acceptors (Lipinski definition) is 1. The Morgan fingerprint density at radius 2 is 1.12 bits per heavy atom. The molecule has 0 radical (unpaired) electrons. The molecule has 0 aromatic heterocycles. The fourth-order valence-corrected chi connectivity index (χ4v) is 4.51. The molecule has 150 valence electrons. The van der Waals surface area contributed by atoms with E-state index in [2.05, 4.69) is 23.3 Å². The van der Waals surface area contributed by atoms with Gasteiger partial charge in [0, 0.05) is 9.47 Å². The lowest BCUT2D eigenvalue weighted by Gasteiger charge is -2.14. The second-order valence-electron chi connectivity index (χ2n) is 8.56. The van der Waals surface area contributed by atoms with Gasteiger partial charge in [0.15, 0.2) is 0 Å². The van der Waals surface area contributed by atoms with E-state index in [-0.39, 0.29) is 0 Å². The Bertz CT molecular complexity index is 281. The molecule has 1 rings (SSSR count). The molecule has 4 unspecified atom stereocenters. The molecule has 1 aliphatic carbocycles. The third-order valence-corrected chi connectivity index (χ3v) is 6.56. The molecule has 1 nitrogen and oxygen atoms in total. The van der Waals surface area contributed by atoms with Crippen LogP contribution < -0.4 is 0 Å². The Morgan fingerprint density at radius 3 is 1.68 bits per heavy atom. The Labute approximate surface area is 161 Å². The summed E-state index contributed by atoms with van der Waals surface area (Å²) in [7, 11) is 2.48. The Morgan fingerprint density at radius 1 is 0.680 bits per heavy atom. The molecule has 0 aromatic carbocycles. The summed E-state index contributed by atoms with van der Waals surface area (Å²) in [4.78, 5) is 0. The van der Waals surface area contributed by atoms with Crippen molar-refractivity contribution in [3.63, 3.8) is 0 Å². The highest BCUT2D eigenvalue weighted by molar-refractivity contribution is 7.09. The second kappa shape index (κ2) is 16.6. The summed E-state index contributed by atoms with van der Waals surface area (Å²) in [5, 5.41) is 0. The van der Waals surface area contributed by atoms with Crippen molar-refractivity contribution in [2.75, 3.05) is 0 Å². The fourth-order valence-electron chi connectivity index (χ4n) is 4.24. The van der Waals surface area contributed by atoms with Crippen molar-refractivity contribution >= 4 is 9.47 Å². The van der Waals surface area contributed by atoms with E-state index in [4.69, 9.17) is 4.52 Å². The number of unbranched alkanes of at least 4 members (excludes halogenated alkanes) is 10. The highest BCUT2D eigenvalue weighted by Gasteiger charge is 2.34. The first-order valence-electron chi connectivity index (χ1n) is 11.7. The highest BCUT2D eigenvalue weighted by atomic mass is 31.0. The molecule has 2 heteroatoms. The van der Waals surface area contributed by atoms with Gasteiger partial charge in [0.05, 0.1) is 6.10 Å².